The zero-order valence-corrected chi connectivity index (χ0v) is 20.1. The zero-order chi connectivity index (χ0) is 23.3. The summed E-state index contributed by atoms with van der Waals surface area (Å²) in [5, 5.41) is 11.9. The Balaban J connectivity index is 1.10. The SMILES string of the molecule is O=C(Nc1ccc(-c2nccs2)cc1)C1CCC(C(=O)Nc2ccc(-c3nccs3)cc2)CC1. The van der Waals surface area contributed by atoms with Crippen LogP contribution in [0.5, 0.6) is 0 Å². The normalized spacial score (nSPS) is 17.8. The summed E-state index contributed by atoms with van der Waals surface area (Å²) in [5.41, 5.74) is 3.65. The lowest BCUT2D eigenvalue weighted by Gasteiger charge is -2.27. The first-order valence-corrected chi connectivity index (χ1v) is 13.0. The van der Waals surface area contributed by atoms with Gasteiger partial charge in [0.2, 0.25) is 11.8 Å². The van der Waals surface area contributed by atoms with E-state index in [-0.39, 0.29) is 23.7 Å². The second-order valence-electron chi connectivity index (χ2n) is 8.36. The number of nitrogens with zero attached hydrogens (tertiary/aromatic N) is 2. The quantitative estimate of drug-likeness (QED) is 0.333. The number of amides is 2. The first-order valence-electron chi connectivity index (χ1n) is 11.3. The summed E-state index contributed by atoms with van der Waals surface area (Å²) >= 11 is 3.18. The molecule has 2 heterocycles. The van der Waals surface area contributed by atoms with Crippen molar-refractivity contribution in [3.63, 3.8) is 0 Å². The molecule has 0 saturated heterocycles. The molecule has 0 spiro atoms. The molecular weight excluding hydrogens is 464 g/mol. The van der Waals surface area contributed by atoms with Crippen molar-refractivity contribution in [3.05, 3.63) is 71.7 Å². The molecule has 1 aliphatic carbocycles. The number of aromatic nitrogens is 2. The molecule has 2 amide bonds. The Bertz CT molecular complexity index is 1130. The van der Waals surface area contributed by atoms with Crippen LogP contribution < -0.4 is 10.6 Å². The van der Waals surface area contributed by atoms with Gasteiger partial charge in [-0.25, -0.2) is 9.97 Å². The van der Waals surface area contributed by atoms with Gasteiger partial charge < -0.3 is 10.6 Å². The van der Waals surface area contributed by atoms with Gasteiger partial charge in [0.15, 0.2) is 0 Å². The maximum absolute atomic E-state index is 12.8. The van der Waals surface area contributed by atoms with Crippen LogP contribution in [0.25, 0.3) is 21.1 Å². The van der Waals surface area contributed by atoms with E-state index in [1.165, 1.54) is 0 Å². The average molecular weight is 489 g/mol. The minimum Gasteiger partial charge on any atom is -0.326 e. The minimum absolute atomic E-state index is 0.0265. The largest absolute Gasteiger partial charge is 0.326 e. The lowest BCUT2D eigenvalue weighted by atomic mass is 9.81. The first kappa shape index (κ1) is 22.4. The molecule has 0 aliphatic heterocycles. The second kappa shape index (κ2) is 10.3. The third-order valence-electron chi connectivity index (χ3n) is 6.13. The maximum atomic E-state index is 12.8. The Labute approximate surface area is 206 Å². The van der Waals surface area contributed by atoms with E-state index in [1.807, 2.05) is 59.3 Å². The molecule has 0 radical (unpaired) electrons. The number of benzene rings is 2. The Morgan fingerprint density at radius 1 is 0.647 bits per heavy atom. The summed E-state index contributed by atoms with van der Waals surface area (Å²) in [6.07, 6.45) is 6.42. The van der Waals surface area contributed by atoms with Gasteiger partial charge in [-0.1, -0.05) is 0 Å². The number of hydrogen-bond acceptors (Lipinski definition) is 6. The van der Waals surface area contributed by atoms with E-state index >= 15 is 0 Å². The van der Waals surface area contributed by atoms with Gasteiger partial charge in [-0.3, -0.25) is 9.59 Å². The van der Waals surface area contributed by atoms with Crippen LogP contribution in [0.3, 0.4) is 0 Å². The molecule has 172 valence electrons. The summed E-state index contributed by atoms with van der Waals surface area (Å²) < 4.78 is 0. The predicted octanol–water partition coefficient (Wildman–Crippen LogP) is 6.32. The van der Waals surface area contributed by atoms with Crippen molar-refractivity contribution in [1.82, 2.24) is 9.97 Å². The van der Waals surface area contributed by atoms with Crippen LogP contribution in [0.2, 0.25) is 0 Å². The van der Waals surface area contributed by atoms with Crippen molar-refractivity contribution in [2.75, 3.05) is 10.6 Å². The second-order valence-corrected chi connectivity index (χ2v) is 10.1. The summed E-state index contributed by atoms with van der Waals surface area (Å²) in [6.45, 7) is 0. The highest BCUT2D eigenvalue weighted by atomic mass is 32.1. The van der Waals surface area contributed by atoms with Gasteiger partial charge in [-0.05, 0) is 74.2 Å². The number of thiazole rings is 2. The standard InChI is InChI=1S/C26H24N4O2S2/c31-23(29-21-9-5-19(6-10-21)25-27-13-15-33-25)17-1-2-18(4-3-17)24(32)30-22-11-7-20(8-12-22)26-28-14-16-34-26/h5-18H,1-4H2,(H,29,31)(H,30,32). The smallest absolute Gasteiger partial charge is 0.227 e. The lowest BCUT2D eigenvalue weighted by Crippen LogP contribution is -2.32. The Morgan fingerprint density at radius 2 is 1.03 bits per heavy atom. The molecule has 8 heteroatoms. The van der Waals surface area contributed by atoms with Crippen LogP contribution in [-0.4, -0.2) is 21.8 Å². The summed E-state index contributed by atoms with van der Waals surface area (Å²) in [6, 6.07) is 15.5. The molecule has 5 rings (SSSR count). The van der Waals surface area contributed by atoms with E-state index < -0.39 is 0 Å². The fourth-order valence-corrected chi connectivity index (χ4v) is 5.52. The number of carbonyl (C=O) groups is 2. The van der Waals surface area contributed by atoms with Crippen LogP contribution in [0, 0.1) is 11.8 Å². The van der Waals surface area contributed by atoms with Gasteiger partial charge in [0, 0.05) is 57.5 Å². The van der Waals surface area contributed by atoms with E-state index in [9.17, 15) is 9.59 Å². The Morgan fingerprint density at radius 3 is 1.35 bits per heavy atom. The highest BCUT2D eigenvalue weighted by molar-refractivity contribution is 7.13. The number of hydrogen-bond donors (Lipinski definition) is 2. The molecule has 2 aromatic heterocycles. The van der Waals surface area contributed by atoms with Crippen molar-refractivity contribution in [3.8, 4) is 21.1 Å². The molecule has 2 N–H and O–H groups in total. The average Bonchev–Trinajstić information content (AvgIpc) is 3.60. The van der Waals surface area contributed by atoms with Gasteiger partial charge in [-0.2, -0.15) is 0 Å². The molecule has 1 fully saturated rings. The number of rotatable bonds is 6. The van der Waals surface area contributed by atoms with Gasteiger partial charge in [0.1, 0.15) is 10.0 Å². The van der Waals surface area contributed by atoms with E-state index in [0.29, 0.717) is 25.7 Å². The van der Waals surface area contributed by atoms with E-state index in [4.69, 9.17) is 0 Å². The van der Waals surface area contributed by atoms with Crippen LogP contribution in [0.1, 0.15) is 25.7 Å². The van der Waals surface area contributed by atoms with Crippen LogP contribution in [0.4, 0.5) is 11.4 Å². The maximum Gasteiger partial charge on any atom is 0.227 e. The summed E-state index contributed by atoms with van der Waals surface area (Å²) in [4.78, 5) is 34.1. The Kier molecular flexibility index (Phi) is 6.78. The van der Waals surface area contributed by atoms with Crippen molar-refractivity contribution >= 4 is 45.9 Å². The molecule has 2 aromatic carbocycles. The fourth-order valence-electron chi connectivity index (χ4n) is 4.23. The molecule has 0 bridgehead atoms. The first-order chi connectivity index (χ1) is 16.7. The molecule has 6 nitrogen and oxygen atoms in total. The van der Waals surface area contributed by atoms with Crippen molar-refractivity contribution in [1.29, 1.82) is 0 Å². The highest BCUT2D eigenvalue weighted by Crippen LogP contribution is 2.31. The topological polar surface area (TPSA) is 84.0 Å². The predicted molar refractivity (Wildman–Crippen MR) is 138 cm³/mol. The van der Waals surface area contributed by atoms with Gasteiger partial charge >= 0.3 is 0 Å². The van der Waals surface area contributed by atoms with E-state index in [2.05, 4.69) is 20.6 Å². The van der Waals surface area contributed by atoms with Gasteiger partial charge in [0.25, 0.3) is 0 Å². The van der Waals surface area contributed by atoms with Crippen LogP contribution in [0.15, 0.2) is 71.7 Å². The number of nitrogens with one attached hydrogen (secondary N) is 2. The monoisotopic (exact) mass is 488 g/mol. The Hall–Kier alpha value is -3.36. The molecule has 0 atom stereocenters. The highest BCUT2D eigenvalue weighted by Gasteiger charge is 2.30. The van der Waals surface area contributed by atoms with Crippen molar-refractivity contribution in [2.24, 2.45) is 11.8 Å². The number of anilines is 2. The summed E-state index contributed by atoms with van der Waals surface area (Å²) in [5.74, 6) is -0.0854. The van der Waals surface area contributed by atoms with E-state index in [1.54, 1.807) is 35.1 Å². The molecule has 1 saturated carbocycles. The fraction of sp³-hybridized carbons (Fsp3) is 0.231. The third kappa shape index (κ3) is 5.24. The van der Waals surface area contributed by atoms with Crippen LogP contribution in [-0.2, 0) is 9.59 Å². The number of carbonyl (C=O) groups excluding carboxylic acids is 2. The molecule has 1 aliphatic rings. The molecule has 0 unspecified atom stereocenters. The molecular formula is C26H24N4O2S2. The van der Waals surface area contributed by atoms with Gasteiger partial charge in [0.05, 0.1) is 0 Å². The third-order valence-corrected chi connectivity index (χ3v) is 7.78. The molecule has 34 heavy (non-hydrogen) atoms. The lowest BCUT2D eigenvalue weighted by molar-refractivity contribution is -0.125. The van der Waals surface area contributed by atoms with Crippen LogP contribution >= 0.6 is 22.7 Å². The van der Waals surface area contributed by atoms with Gasteiger partial charge in [-0.15, -0.1) is 22.7 Å². The zero-order valence-electron chi connectivity index (χ0n) is 18.4. The molecule has 4 aromatic rings. The van der Waals surface area contributed by atoms with Crippen molar-refractivity contribution in [2.45, 2.75) is 25.7 Å². The summed E-state index contributed by atoms with van der Waals surface area (Å²) in [7, 11) is 0. The van der Waals surface area contributed by atoms with Crippen molar-refractivity contribution < 1.29 is 9.59 Å². The minimum atomic E-state index is -0.0692. The van der Waals surface area contributed by atoms with E-state index in [0.717, 1.165) is 32.5 Å².